The highest BCUT2D eigenvalue weighted by Crippen LogP contribution is 2.55. The molecule has 3 heteroatoms. The Morgan fingerprint density at radius 1 is 1.21 bits per heavy atom. The number of cyclic esters (lactones) is 2. The summed E-state index contributed by atoms with van der Waals surface area (Å²) < 4.78 is 4.75. The van der Waals surface area contributed by atoms with Crippen LogP contribution in [0.5, 0.6) is 0 Å². The van der Waals surface area contributed by atoms with Crippen molar-refractivity contribution in [2.75, 3.05) is 0 Å². The van der Waals surface area contributed by atoms with Crippen molar-refractivity contribution in [1.82, 2.24) is 0 Å². The molecule has 1 heterocycles. The van der Waals surface area contributed by atoms with Crippen LogP contribution in [0.15, 0.2) is 11.6 Å². The maximum Gasteiger partial charge on any atom is 0.320 e. The van der Waals surface area contributed by atoms with Crippen molar-refractivity contribution in [3.05, 3.63) is 11.6 Å². The first-order valence-corrected chi connectivity index (χ1v) is 4.82. The molecule has 0 radical (unpaired) electrons. The molecular weight excluding hydrogens is 180 g/mol. The fourth-order valence-corrected chi connectivity index (χ4v) is 2.34. The van der Waals surface area contributed by atoms with Crippen LogP contribution in [0.4, 0.5) is 0 Å². The molecule has 0 bridgehead atoms. The van der Waals surface area contributed by atoms with Gasteiger partial charge in [-0.25, -0.2) is 0 Å². The van der Waals surface area contributed by atoms with Gasteiger partial charge in [0.2, 0.25) is 0 Å². The Hall–Kier alpha value is -1.12. The first kappa shape index (κ1) is 9.44. The first-order valence-electron chi connectivity index (χ1n) is 4.82. The van der Waals surface area contributed by atoms with Crippen LogP contribution in [0.1, 0.15) is 33.6 Å². The van der Waals surface area contributed by atoms with E-state index in [1.807, 2.05) is 26.8 Å². The SMILES string of the molecule is CC1=CCC2(C)C(=O)OC(=O)C2(C)C1. The van der Waals surface area contributed by atoms with Gasteiger partial charge in [-0.1, -0.05) is 11.6 Å². The Morgan fingerprint density at radius 2 is 1.79 bits per heavy atom. The predicted octanol–water partition coefficient (Wildman–Crippen LogP) is 1.82. The molecule has 0 saturated carbocycles. The van der Waals surface area contributed by atoms with Crippen LogP contribution in [0.2, 0.25) is 0 Å². The molecule has 0 N–H and O–H groups in total. The van der Waals surface area contributed by atoms with Crippen molar-refractivity contribution in [3.63, 3.8) is 0 Å². The van der Waals surface area contributed by atoms with E-state index in [0.29, 0.717) is 12.8 Å². The number of allylic oxidation sites excluding steroid dienone is 2. The largest absolute Gasteiger partial charge is 0.392 e. The van der Waals surface area contributed by atoms with Crippen LogP contribution in [0.3, 0.4) is 0 Å². The predicted molar refractivity (Wildman–Crippen MR) is 50.3 cm³/mol. The monoisotopic (exact) mass is 194 g/mol. The number of rotatable bonds is 0. The van der Waals surface area contributed by atoms with Gasteiger partial charge in [-0.3, -0.25) is 9.59 Å². The minimum Gasteiger partial charge on any atom is -0.392 e. The first-order chi connectivity index (χ1) is 6.40. The standard InChI is InChI=1S/C11H14O3/c1-7-4-5-10(2)8(12)14-9(13)11(10,3)6-7/h4H,5-6H2,1-3H3. The average molecular weight is 194 g/mol. The van der Waals surface area contributed by atoms with Gasteiger partial charge in [-0.2, -0.15) is 0 Å². The third-order valence-corrected chi connectivity index (χ3v) is 3.80. The highest BCUT2D eigenvalue weighted by atomic mass is 16.6. The number of ether oxygens (including phenoxy) is 1. The third kappa shape index (κ3) is 0.873. The summed E-state index contributed by atoms with van der Waals surface area (Å²) >= 11 is 0. The smallest absolute Gasteiger partial charge is 0.320 e. The maximum atomic E-state index is 11.6. The minimum atomic E-state index is -0.650. The van der Waals surface area contributed by atoms with Gasteiger partial charge in [0.25, 0.3) is 0 Å². The molecule has 14 heavy (non-hydrogen) atoms. The second-order valence-corrected chi connectivity index (χ2v) is 4.77. The summed E-state index contributed by atoms with van der Waals surface area (Å²) in [4.78, 5) is 23.2. The summed E-state index contributed by atoms with van der Waals surface area (Å²) in [6.45, 7) is 5.64. The van der Waals surface area contributed by atoms with Crippen LogP contribution in [0, 0.1) is 10.8 Å². The zero-order valence-electron chi connectivity index (χ0n) is 8.72. The number of hydrogen-bond acceptors (Lipinski definition) is 3. The van der Waals surface area contributed by atoms with E-state index in [9.17, 15) is 9.59 Å². The molecule has 1 aliphatic carbocycles. The summed E-state index contributed by atoms with van der Waals surface area (Å²) in [5, 5.41) is 0. The molecule has 0 aromatic rings. The van der Waals surface area contributed by atoms with Crippen molar-refractivity contribution < 1.29 is 14.3 Å². The molecule has 0 spiro atoms. The van der Waals surface area contributed by atoms with Gasteiger partial charge in [-0.15, -0.1) is 0 Å². The van der Waals surface area contributed by atoms with Crippen molar-refractivity contribution >= 4 is 11.9 Å². The van der Waals surface area contributed by atoms with E-state index in [0.717, 1.165) is 5.57 Å². The Labute approximate surface area is 83.1 Å². The fraction of sp³-hybridized carbons (Fsp3) is 0.636. The van der Waals surface area contributed by atoms with Crippen LogP contribution < -0.4 is 0 Å². The third-order valence-electron chi connectivity index (χ3n) is 3.80. The van der Waals surface area contributed by atoms with Crippen molar-refractivity contribution in [2.45, 2.75) is 33.6 Å². The lowest BCUT2D eigenvalue weighted by molar-refractivity contribution is -0.155. The van der Waals surface area contributed by atoms with Crippen LogP contribution in [-0.2, 0) is 14.3 Å². The Balaban J connectivity index is 2.53. The van der Waals surface area contributed by atoms with Gasteiger partial charge < -0.3 is 4.74 Å². The van der Waals surface area contributed by atoms with Gasteiger partial charge in [0.1, 0.15) is 0 Å². The number of hydrogen-bond donors (Lipinski definition) is 0. The number of carbonyl (C=O) groups is 2. The van der Waals surface area contributed by atoms with E-state index in [1.54, 1.807) is 0 Å². The summed E-state index contributed by atoms with van der Waals surface area (Å²) in [6, 6.07) is 0. The molecular formula is C11H14O3. The van der Waals surface area contributed by atoms with Gasteiger partial charge >= 0.3 is 11.9 Å². The van der Waals surface area contributed by atoms with Crippen LogP contribution >= 0.6 is 0 Å². The Morgan fingerprint density at radius 3 is 2.43 bits per heavy atom. The molecule has 0 aromatic carbocycles. The molecule has 1 aliphatic heterocycles. The summed E-state index contributed by atoms with van der Waals surface area (Å²) in [5.41, 5.74) is -0.136. The quantitative estimate of drug-likeness (QED) is 0.335. The average Bonchev–Trinajstić information content (AvgIpc) is 2.26. The Bertz CT molecular complexity index is 356. The normalized spacial score (nSPS) is 41.8. The maximum absolute atomic E-state index is 11.6. The number of fused-ring (bicyclic) bond motifs is 1. The lowest BCUT2D eigenvalue weighted by Gasteiger charge is -2.37. The molecule has 2 rings (SSSR count). The molecule has 2 aliphatic rings. The minimum absolute atomic E-state index is 0.363. The van der Waals surface area contributed by atoms with Gasteiger partial charge in [0, 0.05) is 0 Å². The van der Waals surface area contributed by atoms with Gasteiger partial charge in [-0.05, 0) is 33.6 Å². The summed E-state index contributed by atoms with van der Waals surface area (Å²) in [6.07, 6.45) is 3.27. The molecule has 2 unspecified atom stereocenters. The van der Waals surface area contributed by atoms with E-state index in [-0.39, 0.29) is 11.9 Å². The highest BCUT2D eigenvalue weighted by molar-refractivity contribution is 6.01. The topological polar surface area (TPSA) is 43.4 Å². The van der Waals surface area contributed by atoms with E-state index < -0.39 is 10.8 Å². The second kappa shape index (κ2) is 2.47. The van der Waals surface area contributed by atoms with E-state index >= 15 is 0 Å². The van der Waals surface area contributed by atoms with E-state index in [1.165, 1.54) is 0 Å². The summed E-state index contributed by atoms with van der Waals surface area (Å²) in [7, 11) is 0. The molecule has 3 nitrogen and oxygen atoms in total. The molecule has 1 saturated heterocycles. The zero-order valence-corrected chi connectivity index (χ0v) is 8.72. The second-order valence-electron chi connectivity index (χ2n) is 4.77. The highest BCUT2D eigenvalue weighted by Gasteiger charge is 2.63. The molecule has 2 atom stereocenters. The van der Waals surface area contributed by atoms with E-state index in [2.05, 4.69) is 0 Å². The molecule has 76 valence electrons. The van der Waals surface area contributed by atoms with Crippen LogP contribution in [-0.4, -0.2) is 11.9 Å². The molecule has 1 fully saturated rings. The van der Waals surface area contributed by atoms with Crippen molar-refractivity contribution in [2.24, 2.45) is 10.8 Å². The Kier molecular flexibility index (Phi) is 1.66. The zero-order chi connectivity index (χ0) is 10.6. The molecule has 0 amide bonds. The number of esters is 2. The van der Waals surface area contributed by atoms with Gasteiger partial charge in [0.15, 0.2) is 0 Å². The van der Waals surface area contributed by atoms with Gasteiger partial charge in [0.05, 0.1) is 10.8 Å². The van der Waals surface area contributed by atoms with E-state index in [4.69, 9.17) is 4.74 Å². The van der Waals surface area contributed by atoms with Crippen molar-refractivity contribution in [3.8, 4) is 0 Å². The number of carbonyl (C=O) groups excluding carboxylic acids is 2. The molecule has 0 aromatic heterocycles. The van der Waals surface area contributed by atoms with Crippen LogP contribution in [0.25, 0.3) is 0 Å². The lowest BCUT2D eigenvalue weighted by Crippen LogP contribution is -2.42. The summed E-state index contributed by atoms with van der Waals surface area (Å²) in [5.74, 6) is -0.730. The van der Waals surface area contributed by atoms with Crippen molar-refractivity contribution in [1.29, 1.82) is 0 Å². The fourth-order valence-electron chi connectivity index (χ4n) is 2.34. The lowest BCUT2D eigenvalue weighted by atomic mass is 9.60.